The first-order valence-corrected chi connectivity index (χ1v) is 18.0. The highest BCUT2D eigenvalue weighted by Crippen LogP contribution is 2.51. The summed E-state index contributed by atoms with van der Waals surface area (Å²) in [6.07, 6.45) is 0. The highest BCUT2D eigenvalue weighted by atomic mass is 15.2. The van der Waals surface area contributed by atoms with E-state index in [4.69, 9.17) is 15.0 Å². The van der Waals surface area contributed by atoms with Crippen molar-refractivity contribution in [3.63, 3.8) is 0 Å². The molecule has 1 aliphatic rings. The van der Waals surface area contributed by atoms with Crippen LogP contribution in [0.15, 0.2) is 176 Å². The lowest BCUT2D eigenvalue weighted by Crippen LogP contribution is -2.15. The SMILES string of the molecule is CC1(C)c2ccccc2-c2cc3c4cc(N(c5ccccc5)c5ccccc5)ccc4n(-c4nc(-c5ccccc5)nc(-c5ccccc5)n4)c3cc21. The fraction of sp³-hybridized carbons (Fsp3) is 0.0625. The third-order valence-electron chi connectivity index (χ3n) is 10.6. The summed E-state index contributed by atoms with van der Waals surface area (Å²) in [6, 6.07) is 61.8. The van der Waals surface area contributed by atoms with Gasteiger partial charge < -0.3 is 4.90 Å². The first-order chi connectivity index (χ1) is 26.0. The third-order valence-corrected chi connectivity index (χ3v) is 10.6. The summed E-state index contributed by atoms with van der Waals surface area (Å²) >= 11 is 0. The fourth-order valence-corrected chi connectivity index (χ4v) is 8.05. The van der Waals surface area contributed by atoms with Crippen LogP contribution in [-0.4, -0.2) is 19.5 Å². The Morgan fingerprint density at radius 3 is 1.57 bits per heavy atom. The van der Waals surface area contributed by atoms with Gasteiger partial charge in [0.2, 0.25) is 5.95 Å². The molecule has 7 aromatic carbocycles. The Labute approximate surface area is 308 Å². The van der Waals surface area contributed by atoms with Gasteiger partial charge in [0.05, 0.1) is 11.0 Å². The van der Waals surface area contributed by atoms with E-state index in [-0.39, 0.29) is 5.41 Å². The van der Waals surface area contributed by atoms with Crippen molar-refractivity contribution in [2.45, 2.75) is 19.3 Å². The van der Waals surface area contributed by atoms with Crippen molar-refractivity contribution < 1.29 is 0 Å². The number of hydrogen-bond donors (Lipinski definition) is 0. The van der Waals surface area contributed by atoms with Crippen LogP contribution in [0.4, 0.5) is 17.1 Å². The minimum atomic E-state index is -0.173. The zero-order chi connectivity index (χ0) is 35.5. The smallest absolute Gasteiger partial charge is 0.238 e. The van der Waals surface area contributed by atoms with Crippen LogP contribution in [0, 0.1) is 0 Å². The monoisotopic (exact) mass is 681 g/mol. The van der Waals surface area contributed by atoms with Gasteiger partial charge in [-0.3, -0.25) is 4.57 Å². The number of rotatable bonds is 6. The van der Waals surface area contributed by atoms with Crippen LogP contribution in [0.5, 0.6) is 0 Å². The molecule has 2 heterocycles. The lowest BCUT2D eigenvalue weighted by molar-refractivity contribution is 0.661. The van der Waals surface area contributed by atoms with Crippen molar-refractivity contribution in [3.8, 4) is 39.9 Å². The summed E-state index contributed by atoms with van der Waals surface area (Å²) in [6.45, 7) is 4.66. The summed E-state index contributed by atoms with van der Waals surface area (Å²) in [5.41, 5.74) is 12.3. The molecule has 0 atom stereocenters. The zero-order valence-electron chi connectivity index (χ0n) is 29.5. The van der Waals surface area contributed by atoms with Gasteiger partial charge in [-0.25, -0.2) is 4.98 Å². The Kier molecular flexibility index (Phi) is 7.08. The van der Waals surface area contributed by atoms with E-state index in [0.29, 0.717) is 17.6 Å². The van der Waals surface area contributed by atoms with E-state index in [9.17, 15) is 0 Å². The van der Waals surface area contributed by atoms with E-state index in [0.717, 1.165) is 50.0 Å². The highest BCUT2D eigenvalue weighted by Gasteiger charge is 2.36. The predicted molar refractivity (Wildman–Crippen MR) is 217 cm³/mol. The Bertz CT molecular complexity index is 2690. The average Bonchev–Trinajstić information content (AvgIpc) is 3.66. The van der Waals surface area contributed by atoms with Gasteiger partial charge in [0.25, 0.3) is 0 Å². The molecule has 0 fully saturated rings. The van der Waals surface area contributed by atoms with Gasteiger partial charge in [0, 0.05) is 44.4 Å². The van der Waals surface area contributed by atoms with Crippen LogP contribution in [0.1, 0.15) is 25.0 Å². The number of para-hydroxylation sites is 2. The molecule has 0 N–H and O–H groups in total. The molecule has 0 spiro atoms. The summed E-state index contributed by atoms with van der Waals surface area (Å²) in [5.74, 6) is 1.85. The Hall–Kier alpha value is -6.85. The molecule has 0 aliphatic heterocycles. The van der Waals surface area contributed by atoms with E-state index in [1.54, 1.807) is 0 Å². The molecule has 252 valence electrons. The Morgan fingerprint density at radius 1 is 0.434 bits per heavy atom. The van der Waals surface area contributed by atoms with E-state index in [1.165, 1.54) is 22.3 Å². The van der Waals surface area contributed by atoms with Crippen LogP contribution in [0.2, 0.25) is 0 Å². The number of anilines is 3. The standard InChI is InChI=1S/C48H35N5/c1-48(2)41-26-16-15-25-37(41)38-30-40-39-29-36(52(34-21-11-5-12-22-34)35-23-13-6-14-24-35)27-28-43(39)53(44(40)31-42(38)48)47-50-45(32-17-7-3-8-18-32)49-46(51-47)33-19-9-4-10-20-33/h3-31H,1-2H3. The van der Waals surface area contributed by atoms with Crippen molar-refractivity contribution in [3.05, 3.63) is 187 Å². The molecule has 5 nitrogen and oxygen atoms in total. The lowest BCUT2D eigenvalue weighted by atomic mass is 9.82. The molecule has 0 saturated heterocycles. The molecular formula is C48H35N5. The van der Waals surface area contributed by atoms with Crippen molar-refractivity contribution in [2.24, 2.45) is 0 Å². The van der Waals surface area contributed by atoms with Crippen molar-refractivity contribution in [1.29, 1.82) is 0 Å². The zero-order valence-corrected chi connectivity index (χ0v) is 29.5. The second kappa shape index (κ2) is 12.1. The average molecular weight is 682 g/mol. The minimum absolute atomic E-state index is 0.173. The van der Waals surface area contributed by atoms with E-state index >= 15 is 0 Å². The lowest BCUT2D eigenvalue weighted by Gasteiger charge is -2.25. The quantitative estimate of drug-likeness (QED) is 0.175. The van der Waals surface area contributed by atoms with Gasteiger partial charge in [-0.15, -0.1) is 0 Å². The molecular weight excluding hydrogens is 647 g/mol. The highest BCUT2D eigenvalue weighted by molar-refractivity contribution is 6.12. The molecule has 5 heteroatoms. The predicted octanol–water partition coefficient (Wildman–Crippen LogP) is 12.1. The second-order valence-electron chi connectivity index (χ2n) is 14.1. The molecule has 53 heavy (non-hydrogen) atoms. The number of nitrogens with zero attached hydrogens (tertiary/aromatic N) is 5. The molecule has 9 aromatic rings. The summed E-state index contributed by atoms with van der Waals surface area (Å²) in [4.78, 5) is 17.8. The van der Waals surface area contributed by atoms with Gasteiger partial charge in [-0.1, -0.05) is 135 Å². The number of benzene rings is 7. The van der Waals surface area contributed by atoms with Gasteiger partial charge in [-0.05, 0) is 76.9 Å². The molecule has 0 amide bonds. The molecule has 10 rings (SSSR count). The third kappa shape index (κ3) is 5.04. The summed E-state index contributed by atoms with van der Waals surface area (Å²) in [7, 11) is 0. The van der Waals surface area contributed by atoms with Crippen LogP contribution in [-0.2, 0) is 5.41 Å². The maximum atomic E-state index is 5.22. The molecule has 0 saturated carbocycles. The first-order valence-electron chi connectivity index (χ1n) is 18.0. The van der Waals surface area contributed by atoms with Gasteiger partial charge >= 0.3 is 0 Å². The van der Waals surface area contributed by atoms with Crippen molar-refractivity contribution >= 4 is 38.9 Å². The van der Waals surface area contributed by atoms with E-state index in [1.807, 2.05) is 36.4 Å². The second-order valence-corrected chi connectivity index (χ2v) is 14.1. The van der Waals surface area contributed by atoms with Crippen molar-refractivity contribution in [2.75, 3.05) is 4.90 Å². The summed E-state index contributed by atoms with van der Waals surface area (Å²) in [5, 5.41) is 2.28. The van der Waals surface area contributed by atoms with Gasteiger partial charge in [0.15, 0.2) is 11.6 Å². The molecule has 0 bridgehead atoms. The van der Waals surface area contributed by atoms with Crippen LogP contribution in [0.3, 0.4) is 0 Å². The van der Waals surface area contributed by atoms with Crippen molar-refractivity contribution in [1.82, 2.24) is 19.5 Å². The van der Waals surface area contributed by atoms with Gasteiger partial charge in [0.1, 0.15) is 0 Å². The topological polar surface area (TPSA) is 46.8 Å². The maximum Gasteiger partial charge on any atom is 0.238 e. The molecule has 0 unspecified atom stereocenters. The minimum Gasteiger partial charge on any atom is -0.310 e. The molecule has 0 radical (unpaired) electrons. The van der Waals surface area contributed by atoms with E-state index < -0.39 is 0 Å². The van der Waals surface area contributed by atoms with Crippen LogP contribution in [0.25, 0.3) is 61.7 Å². The number of hydrogen-bond acceptors (Lipinski definition) is 4. The van der Waals surface area contributed by atoms with E-state index in [2.05, 4.69) is 163 Å². The first kappa shape index (κ1) is 30.9. The Morgan fingerprint density at radius 2 is 0.962 bits per heavy atom. The number of fused-ring (bicyclic) bond motifs is 6. The fourth-order valence-electron chi connectivity index (χ4n) is 8.05. The van der Waals surface area contributed by atoms with Crippen LogP contribution < -0.4 is 4.90 Å². The molecule has 1 aliphatic carbocycles. The Balaban J connectivity index is 1.29. The molecule has 2 aromatic heterocycles. The normalized spacial score (nSPS) is 12.9. The summed E-state index contributed by atoms with van der Waals surface area (Å²) < 4.78 is 2.24. The van der Waals surface area contributed by atoms with Gasteiger partial charge in [-0.2, -0.15) is 9.97 Å². The van der Waals surface area contributed by atoms with Crippen LogP contribution >= 0.6 is 0 Å². The maximum absolute atomic E-state index is 5.22. The largest absolute Gasteiger partial charge is 0.310 e. The number of aromatic nitrogens is 4.